The van der Waals surface area contributed by atoms with Gasteiger partial charge >= 0.3 is 0 Å². The van der Waals surface area contributed by atoms with Gasteiger partial charge in [0.2, 0.25) is 5.91 Å². The van der Waals surface area contributed by atoms with Gasteiger partial charge in [0.05, 0.1) is 5.69 Å². The first-order valence-electron chi connectivity index (χ1n) is 11.9. The molecule has 0 bridgehead atoms. The van der Waals surface area contributed by atoms with Gasteiger partial charge in [-0.25, -0.2) is 0 Å². The number of fused-ring (bicyclic) bond motifs is 1. The van der Waals surface area contributed by atoms with Crippen LogP contribution < -0.4 is 10.6 Å². The van der Waals surface area contributed by atoms with Crippen LogP contribution >= 0.6 is 0 Å². The Balaban J connectivity index is 1.13. The largest absolute Gasteiger partial charge is 0.381 e. The number of rotatable bonds is 6. The van der Waals surface area contributed by atoms with Crippen LogP contribution in [0.1, 0.15) is 32.6 Å². The second-order valence-corrected chi connectivity index (χ2v) is 9.67. The third kappa shape index (κ3) is 5.10. The molecule has 2 unspecified atom stereocenters. The van der Waals surface area contributed by atoms with Gasteiger partial charge in [-0.3, -0.25) is 4.79 Å². The maximum Gasteiger partial charge on any atom is 0.221 e. The maximum atomic E-state index is 11.3. The molecule has 1 saturated carbocycles. The summed E-state index contributed by atoms with van der Waals surface area (Å²) >= 11 is 0. The molecule has 3 atom stereocenters. The molecule has 2 N–H and O–H groups in total. The Hall–Kier alpha value is -2.51. The van der Waals surface area contributed by atoms with Crippen molar-refractivity contribution in [1.29, 1.82) is 0 Å². The van der Waals surface area contributed by atoms with E-state index in [1.165, 1.54) is 52.2 Å². The summed E-state index contributed by atoms with van der Waals surface area (Å²) in [6.07, 6.45) is 4.89. The molecule has 1 amide bonds. The number of nitrogens with zero attached hydrogens (tertiary/aromatic N) is 3. The van der Waals surface area contributed by atoms with E-state index in [0.717, 1.165) is 53.7 Å². The van der Waals surface area contributed by atoms with Crippen molar-refractivity contribution in [3.8, 4) is 11.3 Å². The van der Waals surface area contributed by atoms with Crippen LogP contribution in [0, 0.1) is 17.8 Å². The molecular formula is C25H33N5O2. The molecule has 1 aromatic carbocycles. The van der Waals surface area contributed by atoms with Crippen LogP contribution in [0.4, 0.5) is 11.5 Å². The summed E-state index contributed by atoms with van der Waals surface area (Å²) in [5.41, 5.74) is 2.51. The Kier molecular flexibility index (Phi) is 6.37. The van der Waals surface area contributed by atoms with Crippen LogP contribution in [0.3, 0.4) is 0 Å². The van der Waals surface area contributed by atoms with Gasteiger partial charge in [-0.15, -0.1) is 10.2 Å². The molecule has 0 spiro atoms. The average Bonchev–Trinajstić information content (AvgIpc) is 3.32. The van der Waals surface area contributed by atoms with E-state index in [0.29, 0.717) is 6.04 Å². The number of carbonyl (C=O) groups is 1. The molecule has 32 heavy (non-hydrogen) atoms. The summed E-state index contributed by atoms with van der Waals surface area (Å²) in [5.74, 6) is 3.19. The average molecular weight is 436 g/mol. The number of ether oxygens (including phenoxy) is 1. The zero-order valence-corrected chi connectivity index (χ0v) is 18.8. The third-order valence-electron chi connectivity index (χ3n) is 7.18. The lowest BCUT2D eigenvalue weighted by Crippen LogP contribution is -2.32. The molecule has 2 saturated heterocycles. The second kappa shape index (κ2) is 9.55. The van der Waals surface area contributed by atoms with Crippen LogP contribution in [0.2, 0.25) is 0 Å². The van der Waals surface area contributed by atoms with E-state index in [-0.39, 0.29) is 5.91 Å². The number of hydrogen-bond acceptors (Lipinski definition) is 6. The number of hydrogen-bond donors (Lipinski definition) is 2. The highest BCUT2D eigenvalue weighted by molar-refractivity contribution is 5.89. The fourth-order valence-electron chi connectivity index (χ4n) is 5.69. The van der Waals surface area contributed by atoms with E-state index in [2.05, 4.69) is 25.7 Å². The number of benzene rings is 1. The van der Waals surface area contributed by atoms with Gasteiger partial charge in [0.1, 0.15) is 5.82 Å². The molecule has 3 aliphatic rings. The third-order valence-corrected chi connectivity index (χ3v) is 7.18. The summed E-state index contributed by atoms with van der Waals surface area (Å²) in [6, 6.07) is 12.2. The minimum Gasteiger partial charge on any atom is -0.381 e. The zero-order chi connectivity index (χ0) is 21.9. The lowest BCUT2D eigenvalue weighted by Gasteiger charge is -2.27. The molecule has 1 aliphatic carbocycles. The molecule has 3 fully saturated rings. The van der Waals surface area contributed by atoms with E-state index in [1.54, 1.807) is 0 Å². The van der Waals surface area contributed by atoms with Crippen molar-refractivity contribution < 1.29 is 9.53 Å². The van der Waals surface area contributed by atoms with Crippen LogP contribution in [0.5, 0.6) is 0 Å². The number of nitrogens with one attached hydrogen (secondary N) is 2. The highest BCUT2D eigenvalue weighted by Crippen LogP contribution is 2.39. The van der Waals surface area contributed by atoms with Crippen molar-refractivity contribution in [1.82, 2.24) is 15.1 Å². The number of carbonyl (C=O) groups excluding carboxylic acids is 1. The normalized spacial score (nSPS) is 26.1. The molecule has 3 heterocycles. The number of amides is 1. The lowest BCUT2D eigenvalue weighted by atomic mass is 10.00. The predicted molar refractivity (Wildman–Crippen MR) is 125 cm³/mol. The van der Waals surface area contributed by atoms with Gasteiger partial charge in [-0.2, -0.15) is 0 Å². The Morgan fingerprint density at radius 1 is 1.09 bits per heavy atom. The van der Waals surface area contributed by atoms with Crippen molar-refractivity contribution in [2.24, 2.45) is 17.8 Å². The highest BCUT2D eigenvalue weighted by Gasteiger charge is 2.41. The molecular weight excluding hydrogens is 402 g/mol. The van der Waals surface area contributed by atoms with Crippen molar-refractivity contribution >= 4 is 17.4 Å². The lowest BCUT2D eigenvalue weighted by molar-refractivity contribution is -0.114. The number of aromatic nitrogens is 2. The predicted octanol–water partition coefficient (Wildman–Crippen LogP) is 3.65. The minimum atomic E-state index is -0.0826. The minimum absolute atomic E-state index is 0.0826. The van der Waals surface area contributed by atoms with Crippen LogP contribution in [0.15, 0.2) is 36.4 Å². The summed E-state index contributed by atoms with van der Waals surface area (Å²) in [6.45, 7) is 7.14. The van der Waals surface area contributed by atoms with Crippen molar-refractivity contribution in [2.75, 3.05) is 43.5 Å². The van der Waals surface area contributed by atoms with Crippen molar-refractivity contribution in [3.05, 3.63) is 36.4 Å². The van der Waals surface area contributed by atoms with Gasteiger partial charge in [-0.05, 0) is 67.7 Å². The van der Waals surface area contributed by atoms with Crippen LogP contribution in [0.25, 0.3) is 11.3 Å². The van der Waals surface area contributed by atoms with E-state index in [1.807, 2.05) is 36.4 Å². The Morgan fingerprint density at radius 2 is 1.88 bits per heavy atom. The molecule has 7 heteroatoms. The quantitative estimate of drug-likeness (QED) is 0.721. The van der Waals surface area contributed by atoms with Gasteiger partial charge in [0.15, 0.2) is 0 Å². The maximum absolute atomic E-state index is 11.3. The Morgan fingerprint density at radius 3 is 2.56 bits per heavy atom. The van der Waals surface area contributed by atoms with Gasteiger partial charge < -0.3 is 20.3 Å². The summed E-state index contributed by atoms with van der Waals surface area (Å²) in [7, 11) is 0. The molecule has 170 valence electrons. The molecule has 5 rings (SSSR count). The number of likely N-dealkylation sites (tertiary alicyclic amines) is 1. The van der Waals surface area contributed by atoms with Crippen LogP contribution in [-0.4, -0.2) is 59.9 Å². The van der Waals surface area contributed by atoms with Crippen molar-refractivity contribution in [2.45, 2.75) is 38.6 Å². The SMILES string of the molecule is CC(=O)Nc1cccc(-c2ccc(NC3CC4CN(CC5CCOCC5)C[C@H]4C3)nn2)c1. The molecule has 2 aromatic rings. The summed E-state index contributed by atoms with van der Waals surface area (Å²) < 4.78 is 5.51. The van der Waals surface area contributed by atoms with Gasteiger partial charge in [-0.1, -0.05) is 12.1 Å². The second-order valence-electron chi connectivity index (χ2n) is 9.67. The van der Waals surface area contributed by atoms with Gasteiger partial charge in [0, 0.05) is 57.1 Å². The number of anilines is 2. The molecule has 1 aromatic heterocycles. The molecule has 7 nitrogen and oxygen atoms in total. The standard InChI is InChI=1S/C25H33N5O2/c1-17(31)26-22-4-2-3-19(11-22)24-5-6-25(29-28-24)27-23-12-20-15-30(16-21(20)13-23)14-18-7-9-32-10-8-18/h2-6,11,18,20-21,23H,7-10,12-16H2,1H3,(H,26,31)(H,27,29)/t20-,21?,23?/m1/s1. The Labute approximate surface area is 189 Å². The van der Waals surface area contributed by atoms with Gasteiger partial charge in [0.25, 0.3) is 0 Å². The van der Waals surface area contributed by atoms with Crippen LogP contribution in [-0.2, 0) is 9.53 Å². The summed E-state index contributed by atoms with van der Waals surface area (Å²) in [4.78, 5) is 14.0. The smallest absolute Gasteiger partial charge is 0.221 e. The van der Waals surface area contributed by atoms with E-state index in [4.69, 9.17) is 4.74 Å². The topological polar surface area (TPSA) is 79.4 Å². The van der Waals surface area contributed by atoms with E-state index in [9.17, 15) is 4.79 Å². The van der Waals surface area contributed by atoms with E-state index < -0.39 is 0 Å². The first kappa shape index (κ1) is 21.3. The first-order chi connectivity index (χ1) is 15.6. The first-order valence-corrected chi connectivity index (χ1v) is 11.9. The zero-order valence-electron chi connectivity index (χ0n) is 18.8. The Bertz CT molecular complexity index is 914. The summed E-state index contributed by atoms with van der Waals surface area (Å²) in [5, 5.41) is 15.3. The fourth-order valence-corrected chi connectivity index (χ4v) is 5.69. The van der Waals surface area contributed by atoms with E-state index >= 15 is 0 Å². The monoisotopic (exact) mass is 435 g/mol. The fraction of sp³-hybridized carbons (Fsp3) is 0.560. The van der Waals surface area contributed by atoms with Crippen molar-refractivity contribution in [3.63, 3.8) is 0 Å². The molecule has 0 radical (unpaired) electrons. The molecule has 2 aliphatic heterocycles. The highest BCUT2D eigenvalue weighted by atomic mass is 16.5.